The predicted molar refractivity (Wildman–Crippen MR) is 94.2 cm³/mol. The first-order valence-corrected chi connectivity index (χ1v) is 8.14. The largest absolute Gasteiger partial charge is 0.358 e. The maximum Gasteiger partial charge on any atom is 0.255 e. The van der Waals surface area contributed by atoms with Crippen LogP contribution in [-0.2, 0) is 12.8 Å². The van der Waals surface area contributed by atoms with E-state index in [0.29, 0.717) is 5.56 Å². The number of anilines is 1. The van der Waals surface area contributed by atoms with Crippen LogP contribution in [0, 0.1) is 13.8 Å². The fourth-order valence-electron chi connectivity index (χ4n) is 3.46. The van der Waals surface area contributed by atoms with Crippen molar-refractivity contribution in [1.82, 2.24) is 4.98 Å². The number of fused-ring (bicyclic) bond motifs is 2. The lowest BCUT2D eigenvalue weighted by atomic mass is 10.1. The molecule has 23 heavy (non-hydrogen) atoms. The van der Waals surface area contributed by atoms with Crippen molar-refractivity contribution in [2.75, 3.05) is 5.32 Å². The number of hydrogen-bond donors (Lipinski definition) is 2. The van der Waals surface area contributed by atoms with Crippen LogP contribution in [0.25, 0.3) is 10.9 Å². The third-order valence-electron chi connectivity index (χ3n) is 4.93. The summed E-state index contributed by atoms with van der Waals surface area (Å²) in [5, 5.41) is 4.14. The monoisotopic (exact) mass is 304 g/mol. The minimum atomic E-state index is -0.0527. The molecule has 0 radical (unpaired) electrons. The van der Waals surface area contributed by atoms with Gasteiger partial charge < -0.3 is 10.3 Å². The van der Waals surface area contributed by atoms with E-state index in [1.165, 1.54) is 23.1 Å². The van der Waals surface area contributed by atoms with Crippen molar-refractivity contribution < 1.29 is 4.79 Å². The molecular formula is C20H20N2O. The maximum absolute atomic E-state index is 12.6. The number of hydrogen-bond acceptors (Lipinski definition) is 1. The Bertz CT molecular complexity index is 921. The molecule has 3 nitrogen and oxygen atoms in total. The first-order valence-electron chi connectivity index (χ1n) is 8.14. The van der Waals surface area contributed by atoms with E-state index in [0.717, 1.165) is 35.1 Å². The number of H-pyrrole nitrogens is 1. The van der Waals surface area contributed by atoms with Crippen molar-refractivity contribution >= 4 is 22.5 Å². The SMILES string of the molecule is Cc1[nH]c2ccc(C(=O)Nc3ccc4c(c3)CCC4)cc2c1C. The molecule has 1 amide bonds. The smallest absolute Gasteiger partial charge is 0.255 e. The van der Waals surface area contributed by atoms with E-state index >= 15 is 0 Å². The molecule has 0 bridgehead atoms. The van der Waals surface area contributed by atoms with Gasteiger partial charge in [0.2, 0.25) is 0 Å². The van der Waals surface area contributed by atoms with Gasteiger partial charge in [0.1, 0.15) is 0 Å². The van der Waals surface area contributed by atoms with Gasteiger partial charge >= 0.3 is 0 Å². The number of benzene rings is 2. The number of aromatic amines is 1. The van der Waals surface area contributed by atoms with Crippen LogP contribution in [0.1, 0.15) is 39.2 Å². The Morgan fingerprint density at radius 3 is 2.74 bits per heavy atom. The molecule has 2 N–H and O–H groups in total. The molecule has 3 heteroatoms. The zero-order valence-electron chi connectivity index (χ0n) is 13.5. The van der Waals surface area contributed by atoms with Gasteiger partial charge in [-0.3, -0.25) is 4.79 Å². The number of nitrogens with one attached hydrogen (secondary N) is 2. The van der Waals surface area contributed by atoms with Crippen LogP contribution in [-0.4, -0.2) is 10.9 Å². The van der Waals surface area contributed by atoms with Gasteiger partial charge in [0.05, 0.1) is 0 Å². The Morgan fingerprint density at radius 2 is 1.87 bits per heavy atom. The molecule has 3 aromatic rings. The van der Waals surface area contributed by atoms with Gasteiger partial charge in [0, 0.05) is 27.8 Å². The summed E-state index contributed by atoms with van der Waals surface area (Å²) in [4.78, 5) is 15.9. The zero-order valence-corrected chi connectivity index (χ0v) is 13.5. The molecule has 2 aromatic carbocycles. The predicted octanol–water partition coefficient (Wildman–Crippen LogP) is 4.53. The molecule has 1 aliphatic rings. The quantitative estimate of drug-likeness (QED) is 0.718. The van der Waals surface area contributed by atoms with Crippen LogP contribution < -0.4 is 5.32 Å². The lowest BCUT2D eigenvalue weighted by Crippen LogP contribution is -2.12. The van der Waals surface area contributed by atoms with Crippen LogP contribution in [0.3, 0.4) is 0 Å². The maximum atomic E-state index is 12.6. The fraction of sp³-hybridized carbons (Fsp3) is 0.250. The highest BCUT2D eigenvalue weighted by atomic mass is 16.1. The molecule has 1 aromatic heterocycles. The Balaban J connectivity index is 1.62. The zero-order chi connectivity index (χ0) is 16.0. The average Bonchev–Trinajstić information content (AvgIpc) is 3.12. The third kappa shape index (κ3) is 2.42. The second-order valence-corrected chi connectivity index (χ2v) is 6.43. The second-order valence-electron chi connectivity index (χ2n) is 6.43. The van der Waals surface area contributed by atoms with Crippen LogP contribution in [0.4, 0.5) is 5.69 Å². The summed E-state index contributed by atoms with van der Waals surface area (Å²) >= 11 is 0. The number of aryl methyl sites for hydroxylation is 4. The van der Waals surface area contributed by atoms with Gasteiger partial charge in [-0.2, -0.15) is 0 Å². The summed E-state index contributed by atoms with van der Waals surface area (Å²) in [6, 6.07) is 12.1. The van der Waals surface area contributed by atoms with Gasteiger partial charge in [-0.25, -0.2) is 0 Å². The highest BCUT2D eigenvalue weighted by molar-refractivity contribution is 6.06. The lowest BCUT2D eigenvalue weighted by Gasteiger charge is -2.08. The van der Waals surface area contributed by atoms with E-state index < -0.39 is 0 Å². The van der Waals surface area contributed by atoms with Crippen LogP contribution in [0.5, 0.6) is 0 Å². The summed E-state index contributed by atoms with van der Waals surface area (Å²) < 4.78 is 0. The highest BCUT2D eigenvalue weighted by Gasteiger charge is 2.13. The number of aromatic nitrogens is 1. The first kappa shape index (κ1) is 14.1. The minimum Gasteiger partial charge on any atom is -0.358 e. The summed E-state index contributed by atoms with van der Waals surface area (Å²) in [5.74, 6) is -0.0527. The van der Waals surface area contributed by atoms with Gasteiger partial charge in [0.15, 0.2) is 0 Å². The number of amides is 1. The van der Waals surface area contributed by atoms with Crippen LogP contribution >= 0.6 is 0 Å². The van der Waals surface area contributed by atoms with Crippen molar-refractivity contribution in [3.05, 3.63) is 64.3 Å². The minimum absolute atomic E-state index is 0.0527. The molecule has 1 heterocycles. The van der Waals surface area contributed by atoms with Crippen molar-refractivity contribution in [2.45, 2.75) is 33.1 Å². The molecule has 0 spiro atoms. The molecule has 0 saturated heterocycles. The molecule has 0 saturated carbocycles. The van der Waals surface area contributed by atoms with Crippen molar-refractivity contribution in [3.63, 3.8) is 0 Å². The van der Waals surface area contributed by atoms with E-state index in [9.17, 15) is 4.79 Å². The van der Waals surface area contributed by atoms with Gasteiger partial charge in [-0.1, -0.05) is 6.07 Å². The number of rotatable bonds is 2. The third-order valence-corrected chi connectivity index (χ3v) is 4.93. The average molecular weight is 304 g/mol. The summed E-state index contributed by atoms with van der Waals surface area (Å²) in [5.41, 5.74) is 7.80. The number of carbonyl (C=O) groups is 1. The first-order chi connectivity index (χ1) is 11.1. The summed E-state index contributed by atoms with van der Waals surface area (Å²) in [6.07, 6.45) is 3.49. The molecule has 4 rings (SSSR count). The van der Waals surface area contributed by atoms with Gasteiger partial charge in [-0.05, 0) is 80.1 Å². The standard InChI is InChI=1S/C20H20N2O/c1-12-13(2)21-19-9-7-16(11-18(12)19)20(23)22-17-8-6-14-4-3-5-15(14)10-17/h6-11,21H,3-5H2,1-2H3,(H,22,23). The van der Waals surface area contributed by atoms with E-state index in [2.05, 4.69) is 36.3 Å². The molecular weight excluding hydrogens is 284 g/mol. The Labute approximate surface area is 135 Å². The summed E-state index contributed by atoms with van der Waals surface area (Å²) in [7, 11) is 0. The molecule has 0 aliphatic heterocycles. The molecule has 0 atom stereocenters. The lowest BCUT2D eigenvalue weighted by molar-refractivity contribution is 0.102. The van der Waals surface area contributed by atoms with Crippen molar-refractivity contribution in [1.29, 1.82) is 0 Å². The van der Waals surface area contributed by atoms with Crippen molar-refractivity contribution in [3.8, 4) is 0 Å². The van der Waals surface area contributed by atoms with Crippen LogP contribution in [0.2, 0.25) is 0 Å². The summed E-state index contributed by atoms with van der Waals surface area (Å²) in [6.45, 7) is 4.13. The Kier molecular flexibility index (Phi) is 3.22. The fourth-order valence-corrected chi connectivity index (χ4v) is 3.46. The van der Waals surface area contributed by atoms with Gasteiger partial charge in [0.25, 0.3) is 5.91 Å². The van der Waals surface area contributed by atoms with Crippen LogP contribution in [0.15, 0.2) is 36.4 Å². The van der Waals surface area contributed by atoms with Gasteiger partial charge in [-0.15, -0.1) is 0 Å². The molecule has 0 fully saturated rings. The van der Waals surface area contributed by atoms with E-state index in [4.69, 9.17) is 0 Å². The Hall–Kier alpha value is -2.55. The molecule has 116 valence electrons. The van der Waals surface area contributed by atoms with E-state index in [1.54, 1.807) is 0 Å². The van der Waals surface area contributed by atoms with E-state index in [1.807, 2.05) is 24.3 Å². The highest BCUT2D eigenvalue weighted by Crippen LogP contribution is 2.26. The second kappa shape index (κ2) is 5.27. The Morgan fingerprint density at radius 1 is 1.04 bits per heavy atom. The molecule has 0 unspecified atom stereocenters. The topological polar surface area (TPSA) is 44.9 Å². The number of carbonyl (C=O) groups excluding carboxylic acids is 1. The normalized spacial score (nSPS) is 13.3. The molecule has 1 aliphatic carbocycles. The van der Waals surface area contributed by atoms with Crippen molar-refractivity contribution in [2.24, 2.45) is 0 Å². The van der Waals surface area contributed by atoms with E-state index in [-0.39, 0.29) is 5.91 Å².